The summed E-state index contributed by atoms with van der Waals surface area (Å²) in [5.74, 6) is 0.137. The molecule has 1 aliphatic heterocycles. The average molecular weight is 295 g/mol. The van der Waals surface area contributed by atoms with E-state index in [-0.39, 0.29) is 12.0 Å². The number of nitrogens with zero attached hydrogens (tertiary/aromatic N) is 3. The van der Waals surface area contributed by atoms with E-state index in [9.17, 15) is 13.2 Å². The second-order valence-electron chi connectivity index (χ2n) is 4.64. The van der Waals surface area contributed by atoms with E-state index < -0.39 is 16.9 Å². The summed E-state index contributed by atoms with van der Waals surface area (Å²) in [6.45, 7) is 1.83. The number of anilines is 1. The van der Waals surface area contributed by atoms with Crippen molar-refractivity contribution in [2.24, 2.45) is 0 Å². The topological polar surface area (TPSA) is 41.0 Å². The van der Waals surface area contributed by atoms with Gasteiger partial charge in [0.2, 0.25) is 5.95 Å². The molecule has 0 amide bonds. The smallest absolute Gasteiger partial charge is 0.350 e. The van der Waals surface area contributed by atoms with Crippen LogP contribution in [0.2, 0.25) is 5.15 Å². The SMILES string of the molecule is CN1CCC[C@H](Nc2ncc(C(F)(F)F)c(Cl)n2)C1. The first-order chi connectivity index (χ1) is 8.86. The number of hydrogen-bond acceptors (Lipinski definition) is 4. The third kappa shape index (κ3) is 3.70. The molecular formula is C11H14ClF3N4. The van der Waals surface area contributed by atoms with Crippen molar-refractivity contribution in [1.29, 1.82) is 0 Å². The van der Waals surface area contributed by atoms with Crippen molar-refractivity contribution in [3.05, 3.63) is 16.9 Å². The van der Waals surface area contributed by atoms with Crippen LogP contribution in [-0.4, -0.2) is 41.0 Å². The number of nitrogens with one attached hydrogen (secondary N) is 1. The van der Waals surface area contributed by atoms with E-state index in [1.807, 2.05) is 7.05 Å². The zero-order valence-corrected chi connectivity index (χ0v) is 11.1. The molecule has 19 heavy (non-hydrogen) atoms. The first-order valence-electron chi connectivity index (χ1n) is 5.91. The number of likely N-dealkylation sites (N-methyl/N-ethyl adjacent to an activating group) is 1. The number of rotatable bonds is 2. The van der Waals surface area contributed by atoms with Crippen molar-refractivity contribution < 1.29 is 13.2 Å². The fourth-order valence-electron chi connectivity index (χ4n) is 2.09. The maximum atomic E-state index is 12.5. The predicted octanol–water partition coefficient (Wildman–Crippen LogP) is 2.65. The molecule has 8 heteroatoms. The highest BCUT2D eigenvalue weighted by molar-refractivity contribution is 6.30. The highest BCUT2D eigenvalue weighted by Gasteiger charge is 2.34. The van der Waals surface area contributed by atoms with Gasteiger partial charge in [0.05, 0.1) is 0 Å². The second-order valence-corrected chi connectivity index (χ2v) is 5.00. The van der Waals surface area contributed by atoms with Gasteiger partial charge in [-0.15, -0.1) is 0 Å². The molecule has 0 saturated carbocycles. The van der Waals surface area contributed by atoms with Crippen LogP contribution >= 0.6 is 11.6 Å². The molecule has 0 spiro atoms. The van der Waals surface area contributed by atoms with Crippen LogP contribution in [0.3, 0.4) is 0 Å². The van der Waals surface area contributed by atoms with Gasteiger partial charge in [-0.3, -0.25) is 0 Å². The van der Waals surface area contributed by atoms with Gasteiger partial charge in [-0.25, -0.2) is 9.97 Å². The van der Waals surface area contributed by atoms with Crippen LogP contribution in [0.5, 0.6) is 0 Å². The molecule has 106 valence electrons. The Hall–Kier alpha value is -1.08. The Morgan fingerprint density at radius 2 is 2.21 bits per heavy atom. The molecule has 1 atom stereocenters. The summed E-state index contributed by atoms with van der Waals surface area (Å²) in [6.07, 6.45) is -1.85. The minimum absolute atomic E-state index is 0.131. The van der Waals surface area contributed by atoms with Crippen LogP contribution in [0.1, 0.15) is 18.4 Å². The van der Waals surface area contributed by atoms with E-state index in [1.165, 1.54) is 0 Å². The molecule has 1 fully saturated rings. The van der Waals surface area contributed by atoms with E-state index in [0.29, 0.717) is 6.20 Å². The van der Waals surface area contributed by atoms with Crippen LogP contribution < -0.4 is 5.32 Å². The van der Waals surface area contributed by atoms with Gasteiger partial charge in [0, 0.05) is 18.8 Å². The number of piperidine rings is 1. The molecule has 0 bridgehead atoms. The Morgan fingerprint density at radius 3 is 2.79 bits per heavy atom. The molecule has 1 aromatic heterocycles. The zero-order chi connectivity index (χ0) is 14.0. The summed E-state index contributed by atoms with van der Waals surface area (Å²) in [5, 5.41) is 2.44. The first kappa shape index (κ1) is 14.3. The van der Waals surface area contributed by atoms with Crippen LogP contribution in [-0.2, 0) is 6.18 Å². The lowest BCUT2D eigenvalue weighted by Gasteiger charge is -2.30. The Bertz CT molecular complexity index is 452. The molecule has 0 aromatic carbocycles. The molecule has 1 aromatic rings. The third-order valence-electron chi connectivity index (χ3n) is 3.01. The minimum Gasteiger partial charge on any atom is -0.350 e. The molecule has 0 aliphatic carbocycles. The van der Waals surface area contributed by atoms with Gasteiger partial charge in [-0.2, -0.15) is 13.2 Å². The van der Waals surface area contributed by atoms with Crippen molar-refractivity contribution in [3.63, 3.8) is 0 Å². The number of halogens is 4. The minimum atomic E-state index is -4.53. The summed E-state index contributed by atoms with van der Waals surface area (Å²) in [4.78, 5) is 9.49. The summed E-state index contributed by atoms with van der Waals surface area (Å²) < 4.78 is 37.5. The number of likely N-dealkylation sites (tertiary alicyclic amines) is 1. The van der Waals surface area contributed by atoms with Gasteiger partial charge in [0.25, 0.3) is 0 Å². The number of hydrogen-bond donors (Lipinski definition) is 1. The summed E-state index contributed by atoms with van der Waals surface area (Å²) in [7, 11) is 1.99. The summed E-state index contributed by atoms with van der Waals surface area (Å²) >= 11 is 5.54. The van der Waals surface area contributed by atoms with Crippen molar-refractivity contribution in [3.8, 4) is 0 Å². The standard InChI is InChI=1S/C11H14ClF3N4/c1-19-4-2-3-7(6-19)17-10-16-5-8(9(12)18-10)11(13,14)15/h5,7H,2-4,6H2,1H3,(H,16,17,18)/t7-/m0/s1. The van der Waals surface area contributed by atoms with Crippen LogP contribution in [0.4, 0.5) is 19.1 Å². The van der Waals surface area contributed by atoms with Gasteiger partial charge < -0.3 is 10.2 Å². The van der Waals surface area contributed by atoms with Crippen molar-refractivity contribution in [2.75, 3.05) is 25.5 Å². The maximum Gasteiger partial charge on any atom is 0.420 e. The summed E-state index contributed by atoms with van der Waals surface area (Å²) in [5.41, 5.74) is -1.01. The third-order valence-corrected chi connectivity index (χ3v) is 3.29. The van der Waals surface area contributed by atoms with Crippen molar-refractivity contribution >= 4 is 17.5 Å². The monoisotopic (exact) mass is 294 g/mol. The van der Waals surface area contributed by atoms with E-state index in [2.05, 4.69) is 20.2 Å². The quantitative estimate of drug-likeness (QED) is 0.852. The Balaban J connectivity index is 2.08. The lowest BCUT2D eigenvalue weighted by Crippen LogP contribution is -2.40. The normalized spacial score (nSPS) is 21.4. The van der Waals surface area contributed by atoms with Crippen LogP contribution in [0.15, 0.2) is 6.20 Å². The van der Waals surface area contributed by atoms with Gasteiger partial charge >= 0.3 is 6.18 Å². The van der Waals surface area contributed by atoms with Crippen molar-refractivity contribution in [1.82, 2.24) is 14.9 Å². The highest BCUT2D eigenvalue weighted by Crippen LogP contribution is 2.33. The van der Waals surface area contributed by atoms with E-state index in [1.54, 1.807) is 0 Å². The molecule has 1 N–H and O–H groups in total. The zero-order valence-electron chi connectivity index (χ0n) is 10.3. The molecule has 1 saturated heterocycles. The number of aromatic nitrogens is 2. The van der Waals surface area contributed by atoms with Gasteiger partial charge in [0.1, 0.15) is 10.7 Å². The van der Waals surface area contributed by atoms with Gasteiger partial charge in [0.15, 0.2) is 0 Å². The Kier molecular flexibility index (Phi) is 4.15. The predicted molar refractivity (Wildman–Crippen MR) is 66.2 cm³/mol. The van der Waals surface area contributed by atoms with Crippen molar-refractivity contribution in [2.45, 2.75) is 25.1 Å². The fraction of sp³-hybridized carbons (Fsp3) is 0.636. The Labute approximate surface area is 114 Å². The molecule has 0 radical (unpaired) electrons. The lowest BCUT2D eigenvalue weighted by atomic mass is 10.1. The van der Waals surface area contributed by atoms with Gasteiger partial charge in [-0.1, -0.05) is 11.6 Å². The lowest BCUT2D eigenvalue weighted by molar-refractivity contribution is -0.137. The van der Waals surface area contributed by atoms with E-state index in [4.69, 9.17) is 11.6 Å². The van der Waals surface area contributed by atoms with E-state index in [0.717, 1.165) is 25.9 Å². The molecule has 1 aliphatic rings. The average Bonchev–Trinajstić information content (AvgIpc) is 2.27. The second kappa shape index (κ2) is 5.50. The Morgan fingerprint density at radius 1 is 1.47 bits per heavy atom. The van der Waals surface area contributed by atoms with Crippen LogP contribution in [0.25, 0.3) is 0 Å². The summed E-state index contributed by atoms with van der Waals surface area (Å²) in [6, 6.07) is 0.131. The highest BCUT2D eigenvalue weighted by atomic mass is 35.5. The molecule has 2 rings (SSSR count). The molecular weight excluding hydrogens is 281 g/mol. The largest absolute Gasteiger partial charge is 0.420 e. The fourth-order valence-corrected chi connectivity index (χ4v) is 2.32. The molecule has 2 heterocycles. The van der Waals surface area contributed by atoms with Gasteiger partial charge in [-0.05, 0) is 26.4 Å². The molecule has 0 unspecified atom stereocenters. The number of alkyl halides is 3. The van der Waals surface area contributed by atoms with E-state index >= 15 is 0 Å². The first-order valence-corrected chi connectivity index (χ1v) is 6.29. The van der Waals surface area contributed by atoms with Crippen LogP contribution in [0, 0.1) is 0 Å². The molecule has 4 nitrogen and oxygen atoms in total. The maximum absolute atomic E-state index is 12.5.